The molecule has 1 aliphatic carbocycles. The molecule has 5 heteroatoms. The molecule has 1 aromatic carbocycles. The molecule has 0 bridgehead atoms. The third kappa shape index (κ3) is 4.59. The molecule has 0 aliphatic heterocycles. The monoisotopic (exact) mass is 375 g/mol. The molecule has 0 amide bonds. The summed E-state index contributed by atoms with van der Waals surface area (Å²) in [6.07, 6.45) is 3.28. The van der Waals surface area contributed by atoms with Gasteiger partial charge >= 0.3 is 0 Å². The van der Waals surface area contributed by atoms with Crippen molar-refractivity contribution < 1.29 is 9.47 Å². The molecule has 1 fully saturated rings. The van der Waals surface area contributed by atoms with Crippen LogP contribution in [0.5, 0.6) is 5.75 Å². The molecule has 3 unspecified atom stereocenters. The van der Waals surface area contributed by atoms with Gasteiger partial charge in [0.2, 0.25) is 0 Å². The third-order valence-electron chi connectivity index (χ3n) is 3.59. The molecule has 3 atom stereocenters. The molecule has 0 spiro atoms. The second-order valence-corrected chi connectivity index (χ2v) is 6.69. The first-order valence-electron chi connectivity index (χ1n) is 7.62. The van der Waals surface area contributed by atoms with E-state index in [0.717, 1.165) is 42.6 Å². The zero-order valence-corrected chi connectivity index (χ0v) is 14.9. The predicted molar refractivity (Wildman–Crippen MR) is 90.3 cm³/mol. The van der Waals surface area contributed by atoms with Gasteiger partial charge in [0.25, 0.3) is 0 Å². The van der Waals surface area contributed by atoms with Gasteiger partial charge in [-0.15, -0.1) is 0 Å². The molecule has 21 heavy (non-hydrogen) atoms. The zero-order valence-electron chi connectivity index (χ0n) is 12.6. The Balaban J connectivity index is 1.95. The topological polar surface area (TPSA) is 30.5 Å². The lowest BCUT2D eigenvalue weighted by molar-refractivity contribution is -0.107. The first kappa shape index (κ1) is 17.1. The van der Waals surface area contributed by atoms with Gasteiger partial charge in [0.05, 0.1) is 5.02 Å². The molecule has 3 nitrogen and oxygen atoms in total. The molecular formula is C16H23BrClNO2. The van der Waals surface area contributed by atoms with Crippen LogP contribution in [0.25, 0.3) is 0 Å². The van der Waals surface area contributed by atoms with Crippen molar-refractivity contribution >= 4 is 27.5 Å². The van der Waals surface area contributed by atoms with Crippen LogP contribution >= 0.6 is 27.5 Å². The van der Waals surface area contributed by atoms with Crippen molar-refractivity contribution in [3.8, 4) is 5.75 Å². The van der Waals surface area contributed by atoms with Crippen molar-refractivity contribution in [3.05, 3.63) is 27.7 Å². The van der Waals surface area contributed by atoms with Gasteiger partial charge in [-0.3, -0.25) is 0 Å². The maximum atomic E-state index is 6.22. The lowest BCUT2D eigenvalue weighted by Gasteiger charge is -2.44. The fourth-order valence-corrected chi connectivity index (χ4v) is 3.16. The summed E-state index contributed by atoms with van der Waals surface area (Å²) in [7, 11) is 0. The van der Waals surface area contributed by atoms with Crippen LogP contribution in [-0.4, -0.2) is 31.4 Å². The highest BCUT2D eigenvalue weighted by Gasteiger charge is 2.43. The number of nitrogens with one attached hydrogen (secondary N) is 1. The standard InChI is InChI=1S/C16H23BrClNO2/c1-3-7-19-13-10-15(16(13)20-8-4-2)21-14-6-5-11(17)9-12(14)18/h5-6,9,13,15-16,19H,3-4,7-8,10H2,1-2H3. The Morgan fingerprint density at radius 3 is 2.81 bits per heavy atom. The number of halogens is 2. The quantitative estimate of drug-likeness (QED) is 0.728. The lowest BCUT2D eigenvalue weighted by atomic mass is 9.85. The summed E-state index contributed by atoms with van der Waals surface area (Å²) < 4.78 is 12.9. The zero-order chi connectivity index (χ0) is 15.2. The summed E-state index contributed by atoms with van der Waals surface area (Å²) in [6.45, 7) is 6.07. The minimum Gasteiger partial charge on any atom is -0.486 e. The van der Waals surface area contributed by atoms with Gasteiger partial charge in [-0.25, -0.2) is 0 Å². The van der Waals surface area contributed by atoms with Crippen LogP contribution < -0.4 is 10.1 Å². The maximum Gasteiger partial charge on any atom is 0.138 e. The summed E-state index contributed by atoms with van der Waals surface area (Å²) >= 11 is 9.62. The summed E-state index contributed by atoms with van der Waals surface area (Å²) in [4.78, 5) is 0. The van der Waals surface area contributed by atoms with Gasteiger partial charge in [-0.05, 0) is 37.6 Å². The average molecular weight is 377 g/mol. The van der Waals surface area contributed by atoms with Crippen LogP contribution in [-0.2, 0) is 4.74 Å². The summed E-state index contributed by atoms with van der Waals surface area (Å²) in [5.74, 6) is 0.726. The average Bonchev–Trinajstić information content (AvgIpc) is 2.44. The van der Waals surface area contributed by atoms with Crippen molar-refractivity contribution in [3.63, 3.8) is 0 Å². The Kier molecular flexibility index (Phi) is 6.80. The largest absolute Gasteiger partial charge is 0.486 e. The first-order chi connectivity index (χ1) is 10.2. The van der Waals surface area contributed by atoms with E-state index in [1.807, 2.05) is 18.2 Å². The van der Waals surface area contributed by atoms with Gasteiger partial charge in [-0.2, -0.15) is 0 Å². The second kappa shape index (κ2) is 8.37. The Morgan fingerprint density at radius 1 is 1.33 bits per heavy atom. The molecule has 1 aromatic rings. The van der Waals surface area contributed by atoms with Gasteiger partial charge < -0.3 is 14.8 Å². The molecule has 118 valence electrons. The van der Waals surface area contributed by atoms with Crippen LogP contribution in [0.15, 0.2) is 22.7 Å². The van der Waals surface area contributed by atoms with Crippen LogP contribution in [0.2, 0.25) is 5.02 Å². The van der Waals surface area contributed by atoms with E-state index in [-0.39, 0.29) is 12.2 Å². The molecule has 0 aromatic heterocycles. The molecule has 0 heterocycles. The minimum atomic E-state index is 0.0737. The normalized spacial score (nSPS) is 24.7. The highest BCUT2D eigenvalue weighted by atomic mass is 79.9. The molecule has 0 radical (unpaired) electrons. The highest BCUT2D eigenvalue weighted by molar-refractivity contribution is 9.10. The SMILES string of the molecule is CCCNC1CC(Oc2ccc(Br)cc2Cl)C1OCCC. The van der Waals surface area contributed by atoms with E-state index in [0.29, 0.717) is 11.1 Å². The van der Waals surface area contributed by atoms with Crippen LogP contribution in [0.4, 0.5) is 0 Å². The van der Waals surface area contributed by atoms with E-state index in [4.69, 9.17) is 21.1 Å². The smallest absolute Gasteiger partial charge is 0.138 e. The molecule has 2 rings (SSSR count). The Hall–Kier alpha value is -0.290. The predicted octanol–water partition coefficient (Wildman–Crippen LogP) is 4.42. The Labute approximate surface area is 140 Å². The minimum absolute atomic E-state index is 0.0737. The Bertz CT molecular complexity index is 458. The Morgan fingerprint density at radius 2 is 2.14 bits per heavy atom. The van der Waals surface area contributed by atoms with Crippen molar-refractivity contribution in [1.29, 1.82) is 0 Å². The number of ether oxygens (including phenoxy) is 2. The fourth-order valence-electron chi connectivity index (χ4n) is 2.44. The van der Waals surface area contributed by atoms with Crippen molar-refractivity contribution in [2.24, 2.45) is 0 Å². The summed E-state index contributed by atoms with van der Waals surface area (Å²) in [5, 5.41) is 4.15. The maximum absolute atomic E-state index is 6.22. The first-order valence-corrected chi connectivity index (χ1v) is 8.79. The van der Waals surface area contributed by atoms with Gasteiger partial charge in [-0.1, -0.05) is 41.4 Å². The van der Waals surface area contributed by atoms with Crippen LogP contribution in [0.1, 0.15) is 33.1 Å². The number of hydrogen-bond acceptors (Lipinski definition) is 3. The van der Waals surface area contributed by atoms with Gasteiger partial charge in [0, 0.05) is 23.5 Å². The molecule has 1 N–H and O–H groups in total. The molecule has 1 saturated carbocycles. The van der Waals surface area contributed by atoms with E-state index in [1.54, 1.807) is 0 Å². The second-order valence-electron chi connectivity index (χ2n) is 5.36. The van der Waals surface area contributed by atoms with Crippen LogP contribution in [0, 0.1) is 0 Å². The number of hydrogen-bond donors (Lipinski definition) is 1. The summed E-state index contributed by atoms with van der Waals surface area (Å²) in [5.41, 5.74) is 0. The van der Waals surface area contributed by atoms with E-state index < -0.39 is 0 Å². The van der Waals surface area contributed by atoms with Gasteiger partial charge in [0.1, 0.15) is 18.0 Å². The van der Waals surface area contributed by atoms with Crippen molar-refractivity contribution in [2.75, 3.05) is 13.2 Å². The molecule has 0 saturated heterocycles. The van der Waals surface area contributed by atoms with E-state index in [1.165, 1.54) is 0 Å². The molecular weight excluding hydrogens is 354 g/mol. The summed E-state index contributed by atoms with van der Waals surface area (Å²) in [6, 6.07) is 6.07. The van der Waals surface area contributed by atoms with E-state index >= 15 is 0 Å². The third-order valence-corrected chi connectivity index (χ3v) is 4.38. The highest BCUT2D eigenvalue weighted by Crippen LogP contribution is 2.34. The molecule has 1 aliphatic rings. The van der Waals surface area contributed by atoms with Crippen LogP contribution in [0.3, 0.4) is 0 Å². The van der Waals surface area contributed by atoms with Crippen molar-refractivity contribution in [2.45, 2.75) is 51.4 Å². The van der Waals surface area contributed by atoms with E-state index in [2.05, 4.69) is 35.1 Å². The lowest BCUT2D eigenvalue weighted by Crippen LogP contribution is -2.61. The number of rotatable bonds is 8. The fraction of sp³-hybridized carbons (Fsp3) is 0.625. The van der Waals surface area contributed by atoms with Gasteiger partial charge in [0.15, 0.2) is 0 Å². The number of benzene rings is 1. The van der Waals surface area contributed by atoms with E-state index in [9.17, 15) is 0 Å². The van der Waals surface area contributed by atoms with Crippen molar-refractivity contribution in [1.82, 2.24) is 5.32 Å².